The van der Waals surface area contributed by atoms with Gasteiger partial charge in [-0.15, -0.1) is 12.4 Å². The van der Waals surface area contributed by atoms with Crippen molar-refractivity contribution in [2.24, 2.45) is 11.7 Å². The number of amides is 1. The molecule has 0 radical (unpaired) electrons. The van der Waals surface area contributed by atoms with Gasteiger partial charge in [-0.3, -0.25) is 4.79 Å². The summed E-state index contributed by atoms with van der Waals surface area (Å²) in [6.45, 7) is 3.73. The monoisotopic (exact) mass is 349 g/mol. The van der Waals surface area contributed by atoms with Gasteiger partial charge in [0.25, 0.3) is 0 Å². The van der Waals surface area contributed by atoms with Crippen LogP contribution >= 0.6 is 12.4 Å². The van der Waals surface area contributed by atoms with Gasteiger partial charge < -0.3 is 11.1 Å². The van der Waals surface area contributed by atoms with Gasteiger partial charge in [-0.1, -0.05) is 37.3 Å². The summed E-state index contributed by atoms with van der Waals surface area (Å²) in [7, 11) is -3.22. The highest BCUT2D eigenvalue weighted by Crippen LogP contribution is 2.18. The van der Waals surface area contributed by atoms with E-state index in [0.29, 0.717) is 0 Å². The minimum atomic E-state index is -3.22. The number of carbonyl (C=O) groups is 1. The van der Waals surface area contributed by atoms with E-state index in [1.807, 2.05) is 30.3 Å². The Morgan fingerprint density at radius 2 is 1.82 bits per heavy atom. The topological polar surface area (TPSA) is 101 Å². The van der Waals surface area contributed by atoms with E-state index in [4.69, 9.17) is 5.73 Å². The molecule has 0 aromatic heterocycles. The van der Waals surface area contributed by atoms with Crippen molar-refractivity contribution in [3.8, 4) is 0 Å². The number of halogens is 1. The second-order valence-corrected chi connectivity index (χ2v) is 6.91. The summed E-state index contributed by atoms with van der Waals surface area (Å²) in [4.78, 5) is 12.0. The molecular weight excluding hydrogens is 326 g/mol. The number of benzene rings is 1. The van der Waals surface area contributed by atoms with E-state index in [0.717, 1.165) is 5.56 Å². The molecule has 8 heteroatoms. The van der Waals surface area contributed by atoms with Gasteiger partial charge >= 0.3 is 0 Å². The molecule has 0 spiro atoms. The fourth-order valence-corrected chi connectivity index (χ4v) is 2.40. The van der Waals surface area contributed by atoms with Crippen LogP contribution in [0.5, 0.6) is 0 Å². The fourth-order valence-electron chi connectivity index (χ4n) is 1.78. The SMILES string of the molecule is CCS(=O)(=O)NCCNC(=O)C(C)C(N)c1ccccc1.Cl. The predicted octanol–water partition coefficient (Wildman–Crippen LogP) is 0.800. The van der Waals surface area contributed by atoms with Crippen LogP contribution in [-0.2, 0) is 14.8 Å². The molecule has 0 bridgehead atoms. The summed E-state index contributed by atoms with van der Waals surface area (Å²) in [5, 5.41) is 2.68. The highest BCUT2D eigenvalue weighted by atomic mass is 35.5. The van der Waals surface area contributed by atoms with E-state index in [1.54, 1.807) is 13.8 Å². The first kappa shape index (κ1) is 20.9. The summed E-state index contributed by atoms with van der Waals surface area (Å²) in [5.74, 6) is -0.562. The van der Waals surface area contributed by atoms with Crippen LogP contribution in [0.15, 0.2) is 30.3 Å². The molecule has 2 unspecified atom stereocenters. The van der Waals surface area contributed by atoms with E-state index in [2.05, 4.69) is 10.0 Å². The molecule has 0 aliphatic carbocycles. The van der Waals surface area contributed by atoms with Crippen LogP contribution < -0.4 is 15.8 Å². The summed E-state index contributed by atoms with van der Waals surface area (Å²) >= 11 is 0. The maximum absolute atomic E-state index is 12.0. The molecule has 0 saturated heterocycles. The molecule has 0 fully saturated rings. The highest BCUT2D eigenvalue weighted by Gasteiger charge is 2.21. The summed E-state index contributed by atoms with van der Waals surface area (Å²) in [5.41, 5.74) is 6.96. The van der Waals surface area contributed by atoms with E-state index >= 15 is 0 Å². The van der Waals surface area contributed by atoms with Crippen LogP contribution in [0.1, 0.15) is 25.5 Å². The summed E-state index contributed by atoms with van der Waals surface area (Å²) < 4.78 is 24.8. The van der Waals surface area contributed by atoms with Crippen molar-refractivity contribution in [3.63, 3.8) is 0 Å². The zero-order valence-corrected chi connectivity index (χ0v) is 14.4. The van der Waals surface area contributed by atoms with Gasteiger partial charge in [0.05, 0.1) is 11.7 Å². The first-order valence-electron chi connectivity index (χ1n) is 6.93. The van der Waals surface area contributed by atoms with Gasteiger partial charge in [0.1, 0.15) is 0 Å². The zero-order valence-electron chi connectivity index (χ0n) is 12.8. The lowest BCUT2D eigenvalue weighted by Gasteiger charge is -2.19. The van der Waals surface area contributed by atoms with Gasteiger partial charge in [0, 0.05) is 19.1 Å². The molecule has 1 aromatic rings. The lowest BCUT2D eigenvalue weighted by Crippen LogP contribution is -2.40. The number of hydrogen-bond donors (Lipinski definition) is 3. The number of rotatable bonds is 8. The first-order chi connectivity index (χ1) is 9.87. The molecule has 0 aliphatic rings. The molecule has 1 aromatic carbocycles. The van der Waals surface area contributed by atoms with Crippen LogP contribution in [0.25, 0.3) is 0 Å². The van der Waals surface area contributed by atoms with Crippen LogP contribution in [0.2, 0.25) is 0 Å². The largest absolute Gasteiger partial charge is 0.354 e. The highest BCUT2D eigenvalue weighted by molar-refractivity contribution is 7.89. The van der Waals surface area contributed by atoms with Crippen molar-refractivity contribution < 1.29 is 13.2 Å². The van der Waals surface area contributed by atoms with Crippen molar-refractivity contribution in [1.29, 1.82) is 0 Å². The number of carbonyl (C=O) groups excluding carboxylic acids is 1. The normalized spacial score (nSPS) is 13.8. The van der Waals surface area contributed by atoms with Crippen LogP contribution in [0.4, 0.5) is 0 Å². The predicted molar refractivity (Wildman–Crippen MR) is 90.3 cm³/mol. The van der Waals surface area contributed by atoms with E-state index in [-0.39, 0.29) is 37.2 Å². The van der Waals surface area contributed by atoms with Crippen molar-refractivity contribution in [1.82, 2.24) is 10.0 Å². The summed E-state index contributed by atoms with van der Waals surface area (Å²) in [6.07, 6.45) is 0. The van der Waals surface area contributed by atoms with Gasteiger partial charge in [-0.2, -0.15) is 0 Å². The fraction of sp³-hybridized carbons (Fsp3) is 0.500. The molecular formula is C14H24ClN3O3S. The Labute approximate surface area is 138 Å². The van der Waals surface area contributed by atoms with E-state index < -0.39 is 22.0 Å². The van der Waals surface area contributed by atoms with Crippen molar-refractivity contribution >= 4 is 28.3 Å². The second kappa shape index (κ2) is 9.78. The zero-order chi connectivity index (χ0) is 15.9. The molecule has 1 rings (SSSR count). The third-order valence-corrected chi connectivity index (χ3v) is 4.67. The van der Waals surface area contributed by atoms with Gasteiger partial charge in [0.15, 0.2) is 0 Å². The standard InChI is InChI=1S/C14H23N3O3S.ClH/c1-3-21(19,20)17-10-9-16-14(18)11(2)13(15)12-7-5-4-6-8-12;/h4-8,11,13,17H,3,9-10,15H2,1-2H3,(H,16,18);1H. The molecule has 0 heterocycles. The molecule has 0 saturated carbocycles. The Bertz CT molecular complexity index is 552. The minimum Gasteiger partial charge on any atom is -0.354 e. The van der Waals surface area contributed by atoms with Crippen LogP contribution in [0.3, 0.4) is 0 Å². The smallest absolute Gasteiger partial charge is 0.224 e. The Morgan fingerprint density at radius 1 is 1.23 bits per heavy atom. The van der Waals surface area contributed by atoms with Gasteiger partial charge in [-0.25, -0.2) is 13.1 Å². The maximum atomic E-state index is 12.0. The number of nitrogens with two attached hydrogens (primary N) is 1. The minimum absolute atomic E-state index is 0. The lowest BCUT2D eigenvalue weighted by molar-refractivity contribution is -0.125. The Morgan fingerprint density at radius 3 is 2.36 bits per heavy atom. The molecule has 1 amide bonds. The van der Waals surface area contributed by atoms with Crippen molar-refractivity contribution in [3.05, 3.63) is 35.9 Å². The third kappa shape index (κ3) is 6.74. The van der Waals surface area contributed by atoms with Crippen LogP contribution in [0, 0.1) is 5.92 Å². The average molecular weight is 350 g/mol. The molecule has 2 atom stereocenters. The molecule has 126 valence electrons. The van der Waals surface area contributed by atoms with Crippen LogP contribution in [-0.4, -0.2) is 33.2 Å². The van der Waals surface area contributed by atoms with Crippen molar-refractivity contribution in [2.45, 2.75) is 19.9 Å². The Kier molecular flexibility index (Phi) is 9.27. The molecule has 22 heavy (non-hydrogen) atoms. The molecule has 0 aliphatic heterocycles. The van der Waals surface area contributed by atoms with Crippen molar-refractivity contribution in [2.75, 3.05) is 18.8 Å². The number of hydrogen-bond acceptors (Lipinski definition) is 4. The number of nitrogens with one attached hydrogen (secondary N) is 2. The molecule has 4 N–H and O–H groups in total. The Balaban J connectivity index is 0.00000441. The summed E-state index contributed by atoms with van der Waals surface area (Å²) in [6, 6.07) is 9.01. The van der Waals surface area contributed by atoms with Gasteiger partial charge in [-0.05, 0) is 12.5 Å². The van der Waals surface area contributed by atoms with E-state index in [1.165, 1.54) is 0 Å². The quantitative estimate of drug-likeness (QED) is 0.604. The first-order valence-corrected chi connectivity index (χ1v) is 8.58. The second-order valence-electron chi connectivity index (χ2n) is 4.81. The Hall–Kier alpha value is -1.15. The van der Waals surface area contributed by atoms with Gasteiger partial charge in [0.2, 0.25) is 15.9 Å². The molecule has 6 nitrogen and oxygen atoms in total. The lowest BCUT2D eigenvalue weighted by atomic mass is 9.95. The maximum Gasteiger partial charge on any atom is 0.224 e. The van der Waals surface area contributed by atoms with E-state index in [9.17, 15) is 13.2 Å². The number of sulfonamides is 1. The third-order valence-electron chi connectivity index (χ3n) is 3.26. The average Bonchev–Trinajstić information content (AvgIpc) is 2.50.